The molecule has 2 amide bonds. The molecule has 104 valence electrons. The lowest BCUT2D eigenvalue weighted by Gasteiger charge is -2.49. The highest BCUT2D eigenvalue weighted by atomic mass is 16.2. The maximum atomic E-state index is 11.6. The molecule has 4 atom stereocenters. The number of fused-ring (bicyclic) bond motifs is 3. The van der Waals surface area contributed by atoms with Gasteiger partial charge in [-0.05, 0) is 45.1 Å². The van der Waals surface area contributed by atoms with Crippen molar-refractivity contribution < 1.29 is 4.79 Å². The largest absolute Gasteiger partial charge is 0.337 e. The van der Waals surface area contributed by atoms with E-state index in [1.165, 1.54) is 32.4 Å². The van der Waals surface area contributed by atoms with E-state index in [1.807, 2.05) is 13.8 Å². The molecule has 18 heavy (non-hydrogen) atoms. The molecule has 3 aliphatic heterocycles. The molecular weight excluding hydrogens is 226 g/mol. The van der Waals surface area contributed by atoms with Crippen molar-refractivity contribution in [2.24, 2.45) is 11.8 Å². The number of amides is 2. The minimum atomic E-state index is -0.0281. The number of urea groups is 1. The van der Waals surface area contributed by atoms with Crippen LogP contribution >= 0.6 is 0 Å². The van der Waals surface area contributed by atoms with Crippen LogP contribution in [0.15, 0.2) is 0 Å². The second-order valence-electron chi connectivity index (χ2n) is 6.11. The van der Waals surface area contributed by atoms with E-state index in [4.69, 9.17) is 0 Å². The molecule has 0 saturated carbocycles. The Bertz CT molecular complexity index is 293. The first kappa shape index (κ1) is 13.7. The Morgan fingerprint density at radius 2 is 2.22 bits per heavy atom. The van der Waals surface area contributed by atoms with Gasteiger partial charge in [-0.1, -0.05) is 13.3 Å². The third kappa shape index (κ3) is 3.16. The summed E-state index contributed by atoms with van der Waals surface area (Å²) in [4.78, 5) is 14.2. The topological polar surface area (TPSA) is 44.4 Å². The summed E-state index contributed by atoms with van der Waals surface area (Å²) >= 11 is 0. The van der Waals surface area contributed by atoms with Crippen molar-refractivity contribution >= 4 is 6.03 Å². The average Bonchev–Trinajstić information content (AvgIpc) is 2.36. The molecular formula is C14H27N3O. The maximum absolute atomic E-state index is 11.6. The Hall–Kier alpha value is -0.770. The number of piperidine rings is 3. The summed E-state index contributed by atoms with van der Waals surface area (Å²) in [5.41, 5.74) is 0. The molecule has 3 heterocycles. The maximum Gasteiger partial charge on any atom is 0.315 e. The fourth-order valence-electron chi connectivity index (χ4n) is 3.45. The van der Waals surface area contributed by atoms with Crippen molar-refractivity contribution in [3.63, 3.8) is 0 Å². The summed E-state index contributed by atoms with van der Waals surface area (Å²) in [7, 11) is 0. The van der Waals surface area contributed by atoms with Gasteiger partial charge in [0.05, 0.1) is 0 Å². The van der Waals surface area contributed by atoms with E-state index in [-0.39, 0.29) is 12.1 Å². The zero-order chi connectivity index (χ0) is 13.1. The van der Waals surface area contributed by atoms with Crippen molar-refractivity contribution in [1.82, 2.24) is 15.5 Å². The Morgan fingerprint density at radius 3 is 2.78 bits per heavy atom. The summed E-state index contributed by atoms with van der Waals surface area (Å²) in [6, 6.07) is 0.738. The van der Waals surface area contributed by atoms with Gasteiger partial charge in [0.2, 0.25) is 0 Å². The van der Waals surface area contributed by atoms with Gasteiger partial charge in [-0.2, -0.15) is 0 Å². The van der Waals surface area contributed by atoms with E-state index in [1.54, 1.807) is 0 Å². The van der Waals surface area contributed by atoms with Crippen LogP contribution in [0.2, 0.25) is 0 Å². The number of hydrogen-bond acceptors (Lipinski definition) is 2. The van der Waals surface area contributed by atoms with Crippen LogP contribution in [-0.4, -0.2) is 42.6 Å². The number of carbonyl (C=O) groups is 1. The molecule has 4 heteroatoms. The van der Waals surface area contributed by atoms with Gasteiger partial charge in [-0.25, -0.2) is 4.79 Å². The molecule has 2 bridgehead atoms. The quantitative estimate of drug-likeness (QED) is 0.802. The first-order valence-electron chi connectivity index (χ1n) is 7.38. The van der Waals surface area contributed by atoms with Crippen molar-refractivity contribution in [3.05, 3.63) is 0 Å². The molecule has 3 aliphatic rings. The number of carbonyl (C=O) groups excluding carboxylic acids is 1. The lowest BCUT2D eigenvalue weighted by Crippen LogP contribution is -2.57. The summed E-state index contributed by atoms with van der Waals surface area (Å²) in [6.45, 7) is 9.52. The van der Waals surface area contributed by atoms with Crippen molar-refractivity contribution in [1.29, 1.82) is 0 Å². The molecule has 0 aromatic rings. The first-order chi connectivity index (χ1) is 8.60. The number of nitrogens with one attached hydrogen (secondary N) is 2. The number of rotatable bonds is 4. The molecule has 4 nitrogen and oxygen atoms in total. The highest BCUT2D eigenvalue weighted by Crippen LogP contribution is 2.37. The standard InChI is InChI=1S/C14H27N3O/c1-4-11-9-17-6-5-12(11)7-13(17)8-15-14(18)16-10(2)3/h10-13H,4-9H2,1-3H3,(H2,15,16,18)/t11-,12-,13+/m0/s1. The van der Waals surface area contributed by atoms with Crippen molar-refractivity contribution in [3.8, 4) is 0 Å². The second-order valence-corrected chi connectivity index (χ2v) is 6.11. The summed E-state index contributed by atoms with van der Waals surface area (Å²) < 4.78 is 0. The van der Waals surface area contributed by atoms with Crippen LogP contribution in [-0.2, 0) is 0 Å². The molecule has 0 aliphatic carbocycles. The smallest absolute Gasteiger partial charge is 0.315 e. The van der Waals surface area contributed by atoms with Gasteiger partial charge < -0.3 is 10.6 Å². The first-order valence-corrected chi connectivity index (χ1v) is 7.38. The minimum absolute atomic E-state index is 0.0281. The van der Waals surface area contributed by atoms with Gasteiger partial charge in [0.1, 0.15) is 0 Å². The van der Waals surface area contributed by atoms with E-state index < -0.39 is 0 Å². The van der Waals surface area contributed by atoms with Gasteiger partial charge in [0, 0.05) is 25.2 Å². The van der Waals surface area contributed by atoms with Crippen LogP contribution in [0.4, 0.5) is 4.79 Å². The summed E-state index contributed by atoms with van der Waals surface area (Å²) in [5.74, 6) is 1.78. The second kappa shape index (κ2) is 5.91. The normalized spacial score (nSPS) is 34.7. The Morgan fingerprint density at radius 1 is 1.44 bits per heavy atom. The van der Waals surface area contributed by atoms with Crippen LogP contribution in [0.1, 0.15) is 40.0 Å². The lowest BCUT2D eigenvalue weighted by molar-refractivity contribution is 0.00143. The van der Waals surface area contributed by atoms with E-state index in [0.717, 1.165) is 18.4 Å². The third-order valence-corrected chi connectivity index (χ3v) is 4.46. The van der Waals surface area contributed by atoms with Crippen LogP contribution in [0.25, 0.3) is 0 Å². The molecule has 0 aromatic carbocycles. The van der Waals surface area contributed by atoms with Crippen LogP contribution < -0.4 is 10.6 Å². The van der Waals surface area contributed by atoms with Crippen LogP contribution in [0.5, 0.6) is 0 Å². The minimum Gasteiger partial charge on any atom is -0.337 e. The highest BCUT2D eigenvalue weighted by Gasteiger charge is 2.38. The van der Waals surface area contributed by atoms with Crippen LogP contribution in [0.3, 0.4) is 0 Å². The summed E-state index contributed by atoms with van der Waals surface area (Å²) in [6.07, 6.45) is 3.92. The molecule has 2 N–H and O–H groups in total. The van der Waals surface area contributed by atoms with Gasteiger partial charge in [-0.15, -0.1) is 0 Å². The highest BCUT2D eigenvalue weighted by molar-refractivity contribution is 5.74. The molecule has 3 fully saturated rings. The van der Waals surface area contributed by atoms with Gasteiger partial charge in [-0.3, -0.25) is 4.90 Å². The summed E-state index contributed by atoms with van der Waals surface area (Å²) in [5, 5.41) is 5.89. The van der Waals surface area contributed by atoms with E-state index in [9.17, 15) is 4.79 Å². The van der Waals surface area contributed by atoms with E-state index in [0.29, 0.717) is 6.04 Å². The van der Waals surface area contributed by atoms with E-state index in [2.05, 4.69) is 22.5 Å². The zero-order valence-electron chi connectivity index (χ0n) is 11.9. The monoisotopic (exact) mass is 253 g/mol. The third-order valence-electron chi connectivity index (χ3n) is 4.46. The van der Waals surface area contributed by atoms with Gasteiger partial charge in [0.25, 0.3) is 0 Å². The predicted octanol–water partition coefficient (Wildman–Crippen LogP) is 1.81. The molecule has 0 spiro atoms. The molecule has 0 radical (unpaired) electrons. The Kier molecular flexibility index (Phi) is 4.49. The molecule has 1 unspecified atom stereocenters. The van der Waals surface area contributed by atoms with Crippen LogP contribution in [0, 0.1) is 11.8 Å². The Labute approximate surface area is 110 Å². The SMILES string of the molecule is CC[C@H]1CN2CC[C@H]1C[C@@H]2CNC(=O)NC(C)C. The molecule has 3 saturated heterocycles. The van der Waals surface area contributed by atoms with E-state index >= 15 is 0 Å². The number of hydrogen-bond donors (Lipinski definition) is 2. The zero-order valence-corrected chi connectivity index (χ0v) is 11.9. The Balaban J connectivity index is 1.77. The average molecular weight is 253 g/mol. The fraction of sp³-hybridized carbons (Fsp3) is 0.929. The van der Waals surface area contributed by atoms with Gasteiger partial charge in [0.15, 0.2) is 0 Å². The molecule has 3 rings (SSSR count). The number of nitrogens with zero attached hydrogens (tertiary/aromatic N) is 1. The van der Waals surface area contributed by atoms with Crippen molar-refractivity contribution in [2.45, 2.75) is 52.1 Å². The predicted molar refractivity (Wildman–Crippen MR) is 73.5 cm³/mol. The van der Waals surface area contributed by atoms with Gasteiger partial charge >= 0.3 is 6.03 Å². The lowest BCUT2D eigenvalue weighted by atomic mass is 9.74. The van der Waals surface area contributed by atoms with Crippen molar-refractivity contribution in [2.75, 3.05) is 19.6 Å². The fourth-order valence-corrected chi connectivity index (χ4v) is 3.45. The molecule has 0 aromatic heterocycles.